The molecule has 1 saturated carbocycles. The van der Waals surface area contributed by atoms with E-state index >= 15 is 0 Å². The lowest BCUT2D eigenvalue weighted by Gasteiger charge is -2.20. The van der Waals surface area contributed by atoms with Crippen LogP contribution in [0, 0.1) is 22.9 Å². The fourth-order valence-electron chi connectivity index (χ4n) is 2.51. The van der Waals surface area contributed by atoms with Crippen molar-refractivity contribution in [3.05, 3.63) is 33.6 Å². The molecule has 1 N–H and O–H groups in total. The first kappa shape index (κ1) is 14.1. The summed E-state index contributed by atoms with van der Waals surface area (Å²) in [5.41, 5.74) is 0.663. The van der Waals surface area contributed by atoms with Crippen molar-refractivity contribution in [2.24, 2.45) is 0 Å². The molecule has 0 radical (unpaired) electrons. The molecule has 4 nitrogen and oxygen atoms in total. The van der Waals surface area contributed by atoms with Gasteiger partial charge in [-0.25, -0.2) is 4.39 Å². The van der Waals surface area contributed by atoms with Gasteiger partial charge < -0.3 is 5.32 Å². The molecule has 2 rings (SSSR count). The van der Waals surface area contributed by atoms with E-state index in [4.69, 9.17) is 0 Å². The number of hydrogen-bond acceptors (Lipinski definition) is 4. The van der Waals surface area contributed by atoms with Gasteiger partial charge in [-0.15, -0.1) is 0 Å². The number of halogens is 1. The van der Waals surface area contributed by atoms with Gasteiger partial charge in [0.25, 0.3) is 5.69 Å². The number of anilines is 1. The maximum absolute atomic E-state index is 13.4. The number of hydrogen-bond donors (Lipinski definition) is 1. The van der Waals surface area contributed by atoms with E-state index < -0.39 is 10.7 Å². The Morgan fingerprint density at radius 3 is 2.84 bits per heavy atom. The maximum atomic E-state index is 13.4. The van der Waals surface area contributed by atoms with Gasteiger partial charge in [0.1, 0.15) is 11.5 Å². The maximum Gasteiger partial charge on any atom is 0.295 e. The van der Waals surface area contributed by atoms with Gasteiger partial charge in [-0.05, 0) is 37.7 Å². The van der Waals surface area contributed by atoms with Crippen LogP contribution in [0.5, 0.6) is 0 Å². The quantitative estimate of drug-likeness (QED) is 0.676. The second-order valence-electron chi connectivity index (χ2n) is 4.83. The molecule has 104 valence electrons. The molecule has 2 unspecified atom stereocenters. The van der Waals surface area contributed by atoms with E-state index in [1.807, 2.05) is 0 Å². The Kier molecular flexibility index (Phi) is 4.29. The van der Waals surface area contributed by atoms with Crippen LogP contribution in [-0.2, 0) is 0 Å². The van der Waals surface area contributed by atoms with E-state index in [9.17, 15) is 14.5 Å². The number of nitrogens with zero attached hydrogens (tertiary/aromatic N) is 1. The van der Waals surface area contributed by atoms with Gasteiger partial charge >= 0.3 is 0 Å². The van der Waals surface area contributed by atoms with Crippen molar-refractivity contribution >= 4 is 23.1 Å². The van der Waals surface area contributed by atoms with E-state index in [0.717, 1.165) is 25.3 Å². The van der Waals surface area contributed by atoms with Crippen molar-refractivity contribution in [3.63, 3.8) is 0 Å². The Morgan fingerprint density at radius 2 is 2.21 bits per heavy atom. The molecule has 1 aliphatic rings. The second kappa shape index (κ2) is 5.77. The van der Waals surface area contributed by atoms with Crippen molar-refractivity contribution in [3.8, 4) is 0 Å². The summed E-state index contributed by atoms with van der Waals surface area (Å²) < 4.78 is 13.4. The summed E-state index contributed by atoms with van der Waals surface area (Å²) in [5, 5.41) is 14.7. The molecule has 2 atom stereocenters. The Morgan fingerprint density at radius 1 is 1.47 bits per heavy atom. The highest BCUT2D eigenvalue weighted by Gasteiger charge is 2.28. The lowest BCUT2D eigenvalue weighted by molar-refractivity contribution is -0.384. The smallest absolute Gasteiger partial charge is 0.295 e. The predicted molar refractivity (Wildman–Crippen MR) is 76.4 cm³/mol. The molecule has 1 aromatic rings. The standard InChI is InChI=1S/C13H17FN2O2S/c1-8-6-11(12(16(17)18)7-9(8)14)15-10-4-3-5-13(10)19-2/h6-7,10,13,15H,3-5H2,1-2H3. The van der Waals surface area contributed by atoms with Crippen molar-refractivity contribution in [1.29, 1.82) is 0 Å². The third-order valence-corrected chi connectivity index (χ3v) is 4.74. The summed E-state index contributed by atoms with van der Waals surface area (Å²) >= 11 is 1.77. The normalized spacial score (nSPS) is 22.5. The summed E-state index contributed by atoms with van der Waals surface area (Å²) in [5.74, 6) is -0.537. The van der Waals surface area contributed by atoms with Crippen LogP contribution < -0.4 is 5.32 Å². The van der Waals surface area contributed by atoms with Crippen LogP contribution in [0.3, 0.4) is 0 Å². The number of rotatable bonds is 4. The molecule has 0 spiro atoms. The van der Waals surface area contributed by atoms with Crippen molar-refractivity contribution < 1.29 is 9.31 Å². The zero-order chi connectivity index (χ0) is 14.0. The van der Waals surface area contributed by atoms with Gasteiger partial charge in [-0.2, -0.15) is 11.8 Å². The number of nitro groups is 1. The minimum absolute atomic E-state index is 0.185. The van der Waals surface area contributed by atoms with Crippen LogP contribution in [0.2, 0.25) is 0 Å². The van der Waals surface area contributed by atoms with Crippen LogP contribution in [0.1, 0.15) is 24.8 Å². The molecule has 19 heavy (non-hydrogen) atoms. The van der Waals surface area contributed by atoms with E-state index in [2.05, 4.69) is 11.6 Å². The second-order valence-corrected chi connectivity index (χ2v) is 5.91. The summed E-state index contributed by atoms with van der Waals surface area (Å²) in [4.78, 5) is 10.5. The molecule has 0 aliphatic heterocycles. The first-order chi connectivity index (χ1) is 9.02. The van der Waals surface area contributed by atoms with E-state index in [-0.39, 0.29) is 11.7 Å². The molecular formula is C13H17FN2O2S. The van der Waals surface area contributed by atoms with E-state index in [0.29, 0.717) is 16.5 Å². The number of aryl methyl sites for hydroxylation is 1. The zero-order valence-electron chi connectivity index (χ0n) is 11.0. The lowest BCUT2D eigenvalue weighted by Crippen LogP contribution is -2.26. The molecule has 6 heteroatoms. The van der Waals surface area contributed by atoms with Gasteiger partial charge in [0, 0.05) is 11.3 Å². The van der Waals surface area contributed by atoms with Crippen molar-refractivity contribution in [2.45, 2.75) is 37.5 Å². The summed E-state index contributed by atoms with van der Waals surface area (Å²) in [6, 6.07) is 2.75. The lowest BCUT2D eigenvalue weighted by atomic mass is 10.1. The van der Waals surface area contributed by atoms with Gasteiger partial charge in [-0.1, -0.05) is 6.42 Å². The predicted octanol–water partition coefficient (Wildman–Crippen LogP) is 3.74. The van der Waals surface area contributed by atoms with Gasteiger partial charge in [0.2, 0.25) is 0 Å². The van der Waals surface area contributed by atoms with E-state index in [1.165, 1.54) is 6.07 Å². The van der Waals surface area contributed by atoms with Crippen LogP contribution in [0.15, 0.2) is 12.1 Å². The zero-order valence-corrected chi connectivity index (χ0v) is 11.8. The van der Waals surface area contributed by atoms with Crippen LogP contribution in [0.25, 0.3) is 0 Å². The average molecular weight is 284 g/mol. The highest BCUT2D eigenvalue weighted by Crippen LogP contribution is 2.34. The molecule has 0 amide bonds. The first-order valence-corrected chi connectivity index (χ1v) is 7.55. The van der Waals surface area contributed by atoms with Crippen molar-refractivity contribution in [2.75, 3.05) is 11.6 Å². The van der Waals surface area contributed by atoms with Crippen LogP contribution in [-0.4, -0.2) is 22.5 Å². The third kappa shape index (κ3) is 3.00. The molecule has 1 fully saturated rings. The highest BCUT2D eigenvalue weighted by molar-refractivity contribution is 7.99. The van der Waals surface area contributed by atoms with Crippen LogP contribution >= 0.6 is 11.8 Å². The summed E-state index contributed by atoms with van der Waals surface area (Å²) in [7, 11) is 0. The Labute approximate surface area is 115 Å². The van der Waals surface area contributed by atoms with Crippen molar-refractivity contribution in [1.82, 2.24) is 0 Å². The summed E-state index contributed by atoms with van der Waals surface area (Å²) in [6.45, 7) is 1.62. The molecule has 0 heterocycles. The number of thioether (sulfide) groups is 1. The Bertz CT molecular complexity index is 496. The minimum Gasteiger partial charge on any atom is -0.376 e. The number of nitrogens with one attached hydrogen (secondary N) is 1. The Hall–Kier alpha value is -1.30. The first-order valence-electron chi connectivity index (χ1n) is 6.26. The van der Waals surface area contributed by atoms with Gasteiger partial charge in [0.15, 0.2) is 0 Å². The molecular weight excluding hydrogens is 267 g/mol. The third-order valence-electron chi connectivity index (χ3n) is 3.57. The Balaban J connectivity index is 2.28. The highest BCUT2D eigenvalue weighted by atomic mass is 32.2. The average Bonchev–Trinajstić information content (AvgIpc) is 2.80. The SMILES string of the molecule is CSC1CCCC1Nc1cc(C)c(F)cc1[N+](=O)[O-]. The molecule has 1 aliphatic carbocycles. The molecule has 0 saturated heterocycles. The summed E-state index contributed by atoms with van der Waals surface area (Å²) in [6.07, 6.45) is 5.29. The fraction of sp³-hybridized carbons (Fsp3) is 0.538. The van der Waals surface area contributed by atoms with E-state index in [1.54, 1.807) is 18.7 Å². The van der Waals surface area contributed by atoms with Gasteiger partial charge in [0.05, 0.1) is 11.0 Å². The molecule has 1 aromatic carbocycles. The largest absolute Gasteiger partial charge is 0.376 e. The minimum atomic E-state index is -0.537. The van der Waals surface area contributed by atoms with Crippen LogP contribution in [0.4, 0.5) is 15.8 Å². The fourth-order valence-corrected chi connectivity index (χ4v) is 3.45. The van der Waals surface area contributed by atoms with Gasteiger partial charge in [-0.3, -0.25) is 10.1 Å². The number of benzene rings is 1. The molecule has 0 bridgehead atoms. The monoisotopic (exact) mass is 284 g/mol. The molecule has 0 aromatic heterocycles. The topological polar surface area (TPSA) is 55.2 Å². The number of nitro benzene ring substituents is 1.